The molecule has 0 aromatic heterocycles. The van der Waals surface area contributed by atoms with Gasteiger partial charge in [0.15, 0.2) is 12.6 Å². The number of ether oxygens (including phenoxy) is 5. The SMILES string of the molecule is CCC1OC(OC)C(C)C(C)C1C.CCC1OC(OC)C(C)C(C)C1C.CCOC(=O)C(Cc1ccccc1)NC. The maximum atomic E-state index is 11.5. The first kappa shape index (κ1) is 37.5. The van der Waals surface area contributed by atoms with Gasteiger partial charge in [0.25, 0.3) is 0 Å². The summed E-state index contributed by atoms with van der Waals surface area (Å²) in [4.78, 5) is 11.5. The van der Waals surface area contributed by atoms with Crippen molar-refractivity contribution in [3.63, 3.8) is 0 Å². The molecule has 7 nitrogen and oxygen atoms in total. The van der Waals surface area contributed by atoms with Gasteiger partial charge in [-0.15, -0.1) is 0 Å². The second-order valence-electron chi connectivity index (χ2n) is 11.8. The van der Waals surface area contributed by atoms with Crippen molar-refractivity contribution < 1.29 is 28.5 Å². The van der Waals surface area contributed by atoms with Crippen LogP contribution in [0.1, 0.15) is 80.7 Å². The molecule has 2 heterocycles. The van der Waals surface area contributed by atoms with Gasteiger partial charge in [0, 0.05) is 26.1 Å². The number of carbonyl (C=O) groups excluding carboxylic acids is 1. The fourth-order valence-electron chi connectivity index (χ4n) is 5.84. The highest BCUT2D eigenvalue weighted by molar-refractivity contribution is 5.76. The van der Waals surface area contributed by atoms with Crippen LogP contribution in [0.5, 0.6) is 0 Å². The van der Waals surface area contributed by atoms with E-state index in [9.17, 15) is 4.79 Å². The number of nitrogens with one attached hydrogen (secondary N) is 1. The van der Waals surface area contributed by atoms with Crippen LogP contribution in [0.25, 0.3) is 0 Å². The lowest BCUT2D eigenvalue weighted by Gasteiger charge is -2.42. The molecule has 238 valence electrons. The minimum absolute atomic E-state index is 0.00356. The molecule has 2 fully saturated rings. The van der Waals surface area contributed by atoms with Gasteiger partial charge in [0.1, 0.15) is 6.04 Å². The highest BCUT2D eigenvalue weighted by atomic mass is 16.7. The van der Waals surface area contributed by atoms with Crippen molar-refractivity contribution >= 4 is 5.97 Å². The molecule has 0 amide bonds. The third-order valence-corrected chi connectivity index (χ3v) is 9.44. The maximum absolute atomic E-state index is 11.5. The first-order chi connectivity index (χ1) is 19.5. The molecule has 0 spiro atoms. The Morgan fingerprint density at radius 3 is 1.54 bits per heavy atom. The van der Waals surface area contributed by atoms with Crippen molar-refractivity contribution in [3.05, 3.63) is 35.9 Å². The van der Waals surface area contributed by atoms with Gasteiger partial charge in [0.2, 0.25) is 0 Å². The normalized spacial score (nSPS) is 33.9. The Morgan fingerprint density at radius 1 is 0.756 bits per heavy atom. The zero-order valence-electron chi connectivity index (χ0n) is 28.0. The molecule has 2 saturated heterocycles. The molecule has 0 radical (unpaired) electrons. The first-order valence-electron chi connectivity index (χ1n) is 15.7. The van der Waals surface area contributed by atoms with Crippen molar-refractivity contribution in [1.82, 2.24) is 5.32 Å². The zero-order chi connectivity index (χ0) is 31.1. The van der Waals surface area contributed by atoms with E-state index in [1.165, 1.54) is 0 Å². The van der Waals surface area contributed by atoms with Crippen molar-refractivity contribution in [2.24, 2.45) is 35.5 Å². The van der Waals surface area contributed by atoms with E-state index in [2.05, 4.69) is 60.7 Å². The quantitative estimate of drug-likeness (QED) is 0.325. The van der Waals surface area contributed by atoms with E-state index in [0.29, 0.717) is 60.7 Å². The Bertz CT molecular complexity index is 747. The van der Waals surface area contributed by atoms with Crippen LogP contribution in [-0.2, 0) is 34.9 Å². The van der Waals surface area contributed by atoms with E-state index in [1.807, 2.05) is 37.3 Å². The number of rotatable bonds is 9. The molecule has 1 N–H and O–H groups in total. The number of carbonyl (C=O) groups is 1. The predicted molar refractivity (Wildman–Crippen MR) is 167 cm³/mol. The van der Waals surface area contributed by atoms with Crippen LogP contribution in [0, 0.1) is 35.5 Å². The zero-order valence-corrected chi connectivity index (χ0v) is 28.0. The minimum atomic E-state index is -0.257. The number of likely N-dealkylation sites (N-methyl/N-ethyl adjacent to an activating group) is 1. The van der Waals surface area contributed by atoms with Gasteiger partial charge in [-0.1, -0.05) is 85.7 Å². The molecule has 2 aliphatic heterocycles. The summed E-state index contributed by atoms with van der Waals surface area (Å²) in [5, 5.41) is 2.96. The predicted octanol–water partition coefficient (Wildman–Crippen LogP) is 6.73. The van der Waals surface area contributed by atoms with Gasteiger partial charge < -0.3 is 29.0 Å². The van der Waals surface area contributed by atoms with Crippen LogP contribution < -0.4 is 5.32 Å². The molecular weight excluding hydrogens is 518 g/mol. The summed E-state index contributed by atoms with van der Waals surface area (Å²) in [5.41, 5.74) is 1.13. The van der Waals surface area contributed by atoms with Gasteiger partial charge in [0.05, 0.1) is 18.8 Å². The van der Waals surface area contributed by atoms with Gasteiger partial charge in [-0.2, -0.15) is 0 Å². The molecule has 2 aliphatic rings. The molecule has 1 aromatic carbocycles. The average molecular weight is 580 g/mol. The molecule has 7 heteroatoms. The minimum Gasteiger partial charge on any atom is -0.465 e. The van der Waals surface area contributed by atoms with Gasteiger partial charge >= 0.3 is 5.97 Å². The molecule has 11 atom stereocenters. The van der Waals surface area contributed by atoms with Crippen molar-refractivity contribution in [2.75, 3.05) is 27.9 Å². The average Bonchev–Trinajstić information content (AvgIpc) is 2.99. The summed E-state index contributed by atoms with van der Waals surface area (Å²) in [6.07, 6.45) is 3.56. The summed E-state index contributed by atoms with van der Waals surface area (Å²) in [6, 6.07) is 9.64. The summed E-state index contributed by atoms with van der Waals surface area (Å²) < 4.78 is 27.3. The molecule has 1 aromatic rings. The number of hydrogen-bond acceptors (Lipinski definition) is 7. The highest BCUT2D eigenvalue weighted by Gasteiger charge is 2.39. The standard InChI is InChI=1S/C12H17NO2.2C11H22O2/c1-3-15-12(14)11(13-2)9-10-7-5-4-6-8-10;2*1-6-10-8(3)7(2)9(4)11(12-5)13-10/h4-8,11,13H,3,9H2,1-2H3;2*7-11H,6H2,1-5H3. The summed E-state index contributed by atoms with van der Waals surface area (Å²) in [7, 11) is 5.23. The van der Waals surface area contributed by atoms with Crippen molar-refractivity contribution in [3.8, 4) is 0 Å². The fourth-order valence-corrected chi connectivity index (χ4v) is 5.84. The van der Waals surface area contributed by atoms with Gasteiger partial charge in [-0.3, -0.25) is 4.79 Å². The number of methoxy groups -OCH3 is 2. The smallest absolute Gasteiger partial charge is 0.323 e. The third-order valence-electron chi connectivity index (χ3n) is 9.44. The Morgan fingerprint density at radius 2 is 1.20 bits per heavy atom. The number of benzene rings is 1. The van der Waals surface area contributed by atoms with E-state index < -0.39 is 0 Å². The van der Waals surface area contributed by atoms with Crippen LogP contribution >= 0.6 is 0 Å². The molecule has 0 saturated carbocycles. The van der Waals surface area contributed by atoms with E-state index in [0.717, 1.165) is 18.4 Å². The fraction of sp³-hybridized carbons (Fsp3) is 0.794. The molecule has 0 bridgehead atoms. The largest absolute Gasteiger partial charge is 0.465 e. The van der Waals surface area contributed by atoms with E-state index in [4.69, 9.17) is 23.7 Å². The van der Waals surface area contributed by atoms with Crippen LogP contribution in [0.3, 0.4) is 0 Å². The summed E-state index contributed by atoms with van der Waals surface area (Å²) >= 11 is 0. The molecular formula is C34H61NO6. The Balaban J connectivity index is 0.000000309. The Labute approximate surface area is 251 Å². The maximum Gasteiger partial charge on any atom is 0.323 e. The van der Waals surface area contributed by atoms with E-state index in [-0.39, 0.29) is 24.6 Å². The molecule has 0 aliphatic carbocycles. The van der Waals surface area contributed by atoms with E-state index in [1.54, 1.807) is 21.3 Å². The van der Waals surface area contributed by atoms with Crippen LogP contribution in [0.2, 0.25) is 0 Å². The van der Waals surface area contributed by atoms with Gasteiger partial charge in [-0.25, -0.2) is 0 Å². The molecule has 11 unspecified atom stereocenters. The highest BCUT2D eigenvalue weighted by Crippen LogP contribution is 2.37. The second-order valence-corrected chi connectivity index (χ2v) is 11.8. The first-order valence-corrected chi connectivity index (χ1v) is 15.7. The second kappa shape index (κ2) is 19.6. The number of hydrogen-bond donors (Lipinski definition) is 1. The third kappa shape index (κ3) is 11.3. The molecule has 3 rings (SSSR count). The van der Waals surface area contributed by atoms with Crippen molar-refractivity contribution in [2.45, 2.75) is 112 Å². The van der Waals surface area contributed by atoms with Crippen LogP contribution in [-0.4, -0.2) is 64.7 Å². The monoisotopic (exact) mass is 579 g/mol. The number of esters is 1. The van der Waals surface area contributed by atoms with Crippen LogP contribution in [0.4, 0.5) is 0 Å². The summed E-state index contributed by atoms with van der Waals surface area (Å²) in [5.74, 6) is 3.47. The lowest BCUT2D eigenvalue weighted by atomic mass is 9.78. The topological polar surface area (TPSA) is 75.2 Å². The Hall–Kier alpha value is -1.51. The van der Waals surface area contributed by atoms with Crippen LogP contribution in [0.15, 0.2) is 30.3 Å². The molecule has 41 heavy (non-hydrogen) atoms. The lowest BCUT2D eigenvalue weighted by molar-refractivity contribution is -0.237. The van der Waals surface area contributed by atoms with Crippen molar-refractivity contribution in [1.29, 1.82) is 0 Å². The van der Waals surface area contributed by atoms with Gasteiger partial charge in [-0.05, 0) is 62.5 Å². The van der Waals surface area contributed by atoms with E-state index >= 15 is 0 Å². The lowest BCUT2D eigenvalue weighted by Crippen LogP contribution is -2.45. The Kier molecular flexibility index (Phi) is 18.0. The summed E-state index contributed by atoms with van der Waals surface area (Å²) in [6.45, 7) is 20.2.